The van der Waals surface area contributed by atoms with E-state index in [1.54, 1.807) is 6.20 Å². The highest BCUT2D eigenvalue weighted by atomic mass is 16.5. The number of carbonyl (C=O) groups is 1. The average Bonchev–Trinajstić information content (AvgIpc) is 3.28. The Balaban J connectivity index is 1.24. The Morgan fingerprint density at radius 2 is 1.61 bits per heavy atom. The predicted octanol–water partition coefficient (Wildman–Crippen LogP) is 6.81. The maximum atomic E-state index is 12.7. The van der Waals surface area contributed by atoms with Crippen LogP contribution in [0.4, 0.5) is 0 Å². The van der Waals surface area contributed by atoms with Crippen LogP contribution in [0.2, 0.25) is 0 Å². The molecule has 162 valence electrons. The maximum absolute atomic E-state index is 12.7. The van der Waals surface area contributed by atoms with Gasteiger partial charge in [0.2, 0.25) is 5.78 Å². The number of Topliss-reactive ketones (excluding diaryl/α,β-unsaturated/α-hetero) is 1. The van der Waals surface area contributed by atoms with Gasteiger partial charge in [0.15, 0.2) is 11.2 Å². The van der Waals surface area contributed by atoms with Crippen LogP contribution in [-0.4, -0.2) is 15.8 Å². The van der Waals surface area contributed by atoms with Crippen LogP contribution in [0.1, 0.15) is 28.2 Å². The molecule has 5 nitrogen and oxygen atoms in total. The van der Waals surface area contributed by atoms with Crippen molar-refractivity contribution in [3.05, 3.63) is 108 Å². The van der Waals surface area contributed by atoms with Gasteiger partial charge in [-0.05, 0) is 54.8 Å². The summed E-state index contributed by atoms with van der Waals surface area (Å²) in [5.41, 5.74) is 5.16. The van der Waals surface area contributed by atoms with E-state index >= 15 is 0 Å². The summed E-state index contributed by atoms with van der Waals surface area (Å²) < 4.78 is 11.6. The predicted molar refractivity (Wildman–Crippen MR) is 128 cm³/mol. The quantitative estimate of drug-likeness (QED) is 0.263. The number of aromatic nitrogens is 2. The number of carbonyl (C=O) groups excluding carboxylic acids is 1. The molecule has 0 radical (unpaired) electrons. The Labute approximate surface area is 191 Å². The molecule has 0 aliphatic heterocycles. The summed E-state index contributed by atoms with van der Waals surface area (Å²) in [6, 6.07) is 27.4. The summed E-state index contributed by atoms with van der Waals surface area (Å²) in [7, 11) is 0. The molecular formula is C28H22N2O3. The fourth-order valence-electron chi connectivity index (χ4n) is 3.56. The van der Waals surface area contributed by atoms with Gasteiger partial charge in [0.1, 0.15) is 11.5 Å². The fraction of sp³-hybridized carbons (Fsp3) is 0.107. The minimum Gasteiger partial charge on any atom is -0.457 e. The van der Waals surface area contributed by atoms with Gasteiger partial charge < -0.3 is 9.15 Å². The SMILES string of the molecule is Cc1ccc(-c2cnc3nc(C(=O)CCc4ccc(Oc5ccccc5)cc4)oc3c2)cc1. The Hall–Kier alpha value is -4.25. The third kappa shape index (κ3) is 4.83. The number of hydrogen-bond donors (Lipinski definition) is 0. The molecule has 0 spiro atoms. The molecule has 2 aromatic heterocycles. The molecule has 0 atom stereocenters. The van der Waals surface area contributed by atoms with E-state index in [-0.39, 0.29) is 11.7 Å². The van der Waals surface area contributed by atoms with Crippen molar-refractivity contribution < 1.29 is 13.9 Å². The van der Waals surface area contributed by atoms with Crippen molar-refractivity contribution >= 4 is 17.0 Å². The van der Waals surface area contributed by atoms with Crippen molar-refractivity contribution in [2.45, 2.75) is 19.8 Å². The van der Waals surface area contributed by atoms with Crippen LogP contribution >= 0.6 is 0 Å². The minimum atomic E-state index is -0.144. The number of aryl methyl sites for hydroxylation is 2. The Kier molecular flexibility index (Phi) is 5.68. The number of hydrogen-bond acceptors (Lipinski definition) is 5. The molecule has 2 heterocycles. The minimum absolute atomic E-state index is 0.0996. The number of ether oxygens (including phenoxy) is 1. The lowest BCUT2D eigenvalue weighted by Crippen LogP contribution is -2.01. The summed E-state index contributed by atoms with van der Waals surface area (Å²) in [6.45, 7) is 2.05. The van der Waals surface area contributed by atoms with E-state index in [0.717, 1.165) is 28.2 Å². The average molecular weight is 434 g/mol. The molecule has 0 saturated heterocycles. The van der Waals surface area contributed by atoms with E-state index in [1.165, 1.54) is 5.56 Å². The third-order valence-corrected chi connectivity index (χ3v) is 5.41. The number of para-hydroxylation sites is 1. The molecule has 5 rings (SSSR count). The van der Waals surface area contributed by atoms with Crippen LogP contribution in [0.25, 0.3) is 22.4 Å². The second kappa shape index (κ2) is 9.09. The summed E-state index contributed by atoms with van der Waals surface area (Å²) >= 11 is 0. The summed E-state index contributed by atoms with van der Waals surface area (Å²) in [4.78, 5) is 21.3. The number of oxazole rings is 1. The van der Waals surface area contributed by atoms with E-state index in [1.807, 2.05) is 79.7 Å². The lowest BCUT2D eigenvalue weighted by molar-refractivity contribution is 0.0951. The van der Waals surface area contributed by atoms with Gasteiger partial charge in [-0.2, -0.15) is 4.98 Å². The zero-order valence-electron chi connectivity index (χ0n) is 18.2. The molecule has 0 unspecified atom stereocenters. The largest absolute Gasteiger partial charge is 0.457 e. The van der Waals surface area contributed by atoms with E-state index in [2.05, 4.69) is 22.1 Å². The van der Waals surface area contributed by atoms with Gasteiger partial charge >= 0.3 is 0 Å². The van der Waals surface area contributed by atoms with Crippen LogP contribution < -0.4 is 4.74 Å². The van der Waals surface area contributed by atoms with Crippen molar-refractivity contribution in [3.63, 3.8) is 0 Å². The van der Waals surface area contributed by atoms with E-state index < -0.39 is 0 Å². The van der Waals surface area contributed by atoms with Gasteiger partial charge in [0, 0.05) is 18.2 Å². The second-order valence-electron chi connectivity index (χ2n) is 7.91. The van der Waals surface area contributed by atoms with Gasteiger partial charge in [0.25, 0.3) is 5.89 Å². The van der Waals surface area contributed by atoms with Crippen molar-refractivity contribution in [2.24, 2.45) is 0 Å². The molecule has 0 aliphatic rings. The number of benzene rings is 3. The molecule has 0 bridgehead atoms. The molecule has 0 saturated carbocycles. The normalized spacial score (nSPS) is 10.9. The zero-order valence-corrected chi connectivity index (χ0v) is 18.2. The smallest absolute Gasteiger partial charge is 0.265 e. The van der Waals surface area contributed by atoms with Crippen LogP contribution in [0.15, 0.2) is 95.5 Å². The summed E-state index contributed by atoms with van der Waals surface area (Å²) in [5.74, 6) is 1.50. The van der Waals surface area contributed by atoms with Gasteiger partial charge in [0.05, 0.1) is 0 Å². The Bertz CT molecular complexity index is 1390. The maximum Gasteiger partial charge on any atom is 0.265 e. The van der Waals surface area contributed by atoms with Crippen molar-refractivity contribution in [1.29, 1.82) is 0 Å². The third-order valence-electron chi connectivity index (χ3n) is 5.41. The standard InChI is InChI=1S/C28H22N2O3/c1-19-7-12-21(13-8-19)22-17-26-27(29-18-22)30-28(33-26)25(31)16-11-20-9-14-24(15-10-20)32-23-5-3-2-4-6-23/h2-10,12-15,17-18H,11,16H2,1H3. The zero-order chi connectivity index (χ0) is 22.6. The lowest BCUT2D eigenvalue weighted by Gasteiger charge is -2.06. The van der Waals surface area contributed by atoms with Crippen molar-refractivity contribution in [3.8, 4) is 22.6 Å². The number of pyridine rings is 1. The summed E-state index contributed by atoms with van der Waals surface area (Å²) in [6.07, 6.45) is 2.64. The highest BCUT2D eigenvalue weighted by Gasteiger charge is 2.16. The van der Waals surface area contributed by atoms with E-state index in [9.17, 15) is 4.79 Å². The highest BCUT2D eigenvalue weighted by molar-refractivity contribution is 5.94. The highest BCUT2D eigenvalue weighted by Crippen LogP contribution is 2.25. The van der Waals surface area contributed by atoms with Gasteiger partial charge in [-0.1, -0.05) is 60.2 Å². The molecule has 0 aliphatic carbocycles. The fourth-order valence-corrected chi connectivity index (χ4v) is 3.56. The number of ketones is 1. The number of nitrogens with zero attached hydrogens (tertiary/aromatic N) is 2. The van der Waals surface area contributed by atoms with Gasteiger partial charge in [-0.25, -0.2) is 4.98 Å². The molecule has 5 aromatic rings. The molecule has 3 aromatic carbocycles. The molecule has 33 heavy (non-hydrogen) atoms. The molecule has 0 N–H and O–H groups in total. The van der Waals surface area contributed by atoms with E-state index in [4.69, 9.17) is 9.15 Å². The van der Waals surface area contributed by atoms with E-state index in [0.29, 0.717) is 24.1 Å². The number of fused-ring (bicyclic) bond motifs is 1. The first kappa shape index (κ1) is 20.6. The molecule has 0 amide bonds. The summed E-state index contributed by atoms with van der Waals surface area (Å²) in [5, 5.41) is 0. The Morgan fingerprint density at radius 3 is 2.36 bits per heavy atom. The van der Waals surface area contributed by atoms with Crippen LogP contribution in [0.3, 0.4) is 0 Å². The monoisotopic (exact) mass is 434 g/mol. The van der Waals surface area contributed by atoms with Crippen LogP contribution in [-0.2, 0) is 6.42 Å². The topological polar surface area (TPSA) is 65.2 Å². The van der Waals surface area contributed by atoms with Gasteiger partial charge in [-0.15, -0.1) is 0 Å². The molecular weight excluding hydrogens is 412 g/mol. The lowest BCUT2D eigenvalue weighted by atomic mass is 10.1. The molecule has 0 fully saturated rings. The molecule has 5 heteroatoms. The second-order valence-corrected chi connectivity index (χ2v) is 7.91. The Morgan fingerprint density at radius 1 is 0.879 bits per heavy atom. The first-order valence-corrected chi connectivity index (χ1v) is 10.8. The van der Waals surface area contributed by atoms with Crippen LogP contribution in [0, 0.1) is 6.92 Å². The first-order chi connectivity index (χ1) is 16.1. The number of rotatable bonds is 7. The van der Waals surface area contributed by atoms with Crippen LogP contribution in [0.5, 0.6) is 11.5 Å². The first-order valence-electron chi connectivity index (χ1n) is 10.8. The van der Waals surface area contributed by atoms with Crippen molar-refractivity contribution in [2.75, 3.05) is 0 Å². The van der Waals surface area contributed by atoms with Crippen molar-refractivity contribution in [1.82, 2.24) is 9.97 Å². The van der Waals surface area contributed by atoms with Gasteiger partial charge in [-0.3, -0.25) is 4.79 Å².